The Morgan fingerprint density at radius 1 is 1.28 bits per heavy atom. The Morgan fingerprint density at radius 2 is 2.06 bits per heavy atom. The molecule has 96 valence electrons. The maximum atomic E-state index is 10.0. The van der Waals surface area contributed by atoms with Crippen LogP contribution in [0.4, 0.5) is 5.69 Å². The third-order valence-corrected chi connectivity index (χ3v) is 3.09. The van der Waals surface area contributed by atoms with Gasteiger partial charge in [0.15, 0.2) is 0 Å². The average molecular weight is 245 g/mol. The van der Waals surface area contributed by atoms with Crippen molar-refractivity contribution in [2.45, 2.75) is 26.0 Å². The minimum Gasteiger partial charge on any atom is -0.472 e. The van der Waals surface area contributed by atoms with Gasteiger partial charge in [-0.15, -0.1) is 0 Å². The maximum Gasteiger partial charge on any atom is 0.0952 e. The Labute approximate surface area is 108 Å². The van der Waals surface area contributed by atoms with E-state index in [-0.39, 0.29) is 0 Å². The summed E-state index contributed by atoms with van der Waals surface area (Å²) < 4.78 is 5.07. The summed E-state index contributed by atoms with van der Waals surface area (Å²) in [5.41, 5.74) is 3.16. The van der Waals surface area contributed by atoms with Crippen molar-refractivity contribution >= 4 is 5.69 Å². The van der Waals surface area contributed by atoms with Crippen LogP contribution in [-0.2, 0) is 6.54 Å². The van der Waals surface area contributed by atoms with Crippen molar-refractivity contribution in [3.05, 3.63) is 54.0 Å². The predicted molar refractivity (Wildman–Crippen MR) is 72.5 cm³/mol. The van der Waals surface area contributed by atoms with Crippen molar-refractivity contribution < 1.29 is 9.52 Å². The zero-order valence-electron chi connectivity index (χ0n) is 10.8. The Hall–Kier alpha value is -1.74. The van der Waals surface area contributed by atoms with E-state index in [0.29, 0.717) is 0 Å². The van der Waals surface area contributed by atoms with Crippen LogP contribution in [0.2, 0.25) is 0 Å². The minimum absolute atomic E-state index is 0.409. The van der Waals surface area contributed by atoms with E-state index in [9.17, 15) is 5.11 Å². The van der Waals surface area contributed by atoms with Crippen LogP contribution in [0.25, 0.3) is 0 Å². The molecular weight excluding hydrogens is 226 g/mol. The first-order valence-corrected chi connectivity index (χ1v) is 6.21. The molecule has 3 heteroatoms. The first-order chi connectivity index (χ1) is 8.72. The topological polar surface area (TPSA) is 36.6 Å². The summed E-state index contributed by atoms with van der Waals surface area (Å²) in [7, 11) is 2.02. The Bertz CT molecular complexity index is 479. The molecule has 0 unspecified atom stereocenters. The molecule has 0 aliphatic rings. The van der Waals surface area contributed by atoms with Crippen molar-refractivity contribution in [3.63, 3.8) is 0 Å². The first-order valence-electron chi connectivity index (χ1n) is 6.21. The number of anilines is 1. The monoisotopic (exact) mass is 245 g/mol. The Kier molecular flexibility index (Phi) is 4.05. The number of hydrogen-bond donors (Lipinski definition) is 1. The third kappa shape index (κ3) is 2.74. The highest BCUT2D eigenvalue weighted by Gasteiger charge is 2.13. The summed E-state index contributed by atoms with van der Waals surface area (Å²) in [6, 6.07) is 9.93. The van der Waals surface area contributed by atoms with Gasteiger partial charge in [-0.1, -0.05) is 25.1 Å². The second kappa shape index (κ2) is 5.74. The highest BCUT2D eigenvalue weighted by Crippen LogP contribution is 2.28. The second-order valence-corrected chi connectivity index (χ2v) is 4.47. The number of rotatable bonds is 5. The van der Waals surface area contributed by atoms with Crippen LogP contribution in [0.3, 0.4) is 0 Å². The van der Waals surface area contributed by atoms with Crippen LogP contribution in [-0.4, -0.2) is 12.2 Å². The van der Waals surface area contributed by atoms with E-state index in [1.165, 1.54) is 0 Å². The normalized spacial score (nSPS) is 12.4. The lowest BCUT2D eigenvalue weighted by molar-refractivity contribution is 0.174. The van der Waals surface area contributed by atoms with E-state index in [4.69, 9.17) is 4.42 Å². The molecule has 0 radical (unpaired) electrons. The average Bonchev–Trinajstić information content (AvgIpc) is 2.90. The summed E-state index contributed by atoms with van der Waals surface area (Å²) in [6.45, 7) is 2.75. The predicted octanol–water partition coefficient (Wildman–Crippen LogP) is 3.36. The SMILES string of the molecule is CC[C@@H](O)c1ccccc1N(C)Cc1ccoc1. The molecule has 0 spiro atoms. The molecule has 0 bridgehead atoms. The quantitative estimate of drug-likeness (QED) is 0.877. The zero-order valence-corrected chi connectivity index (χ0v) is 10.8. The van der Waals surface area contributed by atoms with Gasteiger partial charge >= 0.3 is 0 Å². The van der Waals surface area contributed by atoms with Crippen molar-refractivity contribution in [2.75, 3.05) is 11.9 Å². The van der Waals surface area contributed by atoms with Gasteiger partial charge in [0.25, 0.3) is 0 Å². The van der Waals surface area contributed by atoms with Crippen LogP contribution in [0.5, 0.6) is 0 Å². The molecule has 0 fully saturated rings. The number of furan rings is 1. The first kappa shape index (κ1) is 12.7. The van der Waals surface area contributed by atoms with Gasteiger partial charge in [-0.3, -0.25) is 0 Å². The van der Waals surface area contributed by atoms with Crippen LogP contribution >= 0.6 is 0 Å². The van der Waals surface area contributed by atoms with Crippen molar-refractivity contribution in [1.82, 2.24) is 0 Å². The number of aliphatic hydroxyl groups is 1. The second-order valence-electron chi connectivity index (χ2n) is 4.47. The number of aliphatic hydroxyl groups excluding tert-OH is 1. The van der Waals surface area contributed by atoms with Gasteiger partial charge < -0.3 is 14.4 Å². The van der Waals surface area contributed by atoms with Gasteiger partial charge in [0.1, 0.15) is 0 Å². The van der Waals surface area contributed by atoms with Crippen molar-refractivity contribution in [3.8, 4) is 0 Å². The highest BCUT2D eigenvalue weighted by atomic mass is 16.3. The molecule has 1 N–H and O–H groups in total. The van der Waals surface area contributed by atoms with E-state index in [1.807, 2.05) is 44.3 Å². The van der Waals surface area contributed by atoms with E-state index < -0.39 is 6.10 Å². The molecule has 0 aliphatic carbocycles. The molecule has 3 nitrogen and oxygen atoms in total. The molecule has 0 saturated carbocycles. The van der Waals surface area contributed by atoms with Crippen LogP contribution in [0, 0.1) is 0 Å². The zero-order chi connectivity index (χ0) is 13.0. The van der Waals surface area contributed by atoms with Crippen molar-refractivity contribution in [1.29, 1.82) is 0 Å². The molecular formula is C15H19NO2. The fraction of sp³-hybridized carbons (Fsp3) is 0.333. The van der Waals surface area contributed by atoms with E-state index in [0.717, 1.165) is 29.8 Å². The molecule has 0 aliphatic heterocycles. The van der Waals surface area contributed by atoms with Crippen LogP contribution in [0.1, 0.15) is 30.6 Å². The lowest BCUT2D eigenvalue weighted by Gasteiger charge is -2.23. The maximum absolute atomic E-state index is 10.0. The van der Waals surface area contributed by atoms with Gasteiger partial charge in [0.2, 0.25) is 0 Å². The standard InChI is InChI=1S/C15H19NO2/c1-3-15(17)13-6-4-5-7-14(13)16(2)10-12-8-9-18-11-12/h4-9,11,15,17H,3,10H2,1-2H3/t15-/m1/s1. The number of nitrogens with zero attached hydrogens (tertiary/aromatic N) is 1. The molecule has 2 aromatic rings. The molecule has 1 atom stereocenters. The van der Waals surface area contributed by atoms with Gasteiger partial charge in [-0.25, -0.2) is 0 Å². The van der Waals surface area contributed by atoms with E-state index in [1.54, 1.807) is 12.5 Å². The van der Waals surface area contributed by atoms with Crippen LogP contribution in [0.15, 0.2) is 47.3 Å². The molecule has 0 saturated heterocycles. The largest absolute Gasteiger partial charge is 0.472 e. The number of hydrogen-bond acceptors (Lipinski definition) is 3. The highest BCUT2D eigenvalue weighted by molar-refractivity contribution is 5.54. The fourth-order valence-corrected chi connectivity index (χ4v) is 2.08. The van der Waals surface area contributed by atoms with E-state index in [2.05, 4.69) is 4.90 Å². The van der Waals surface area contributed by atoms with Crippen LogP contribution < -0.4 is 4.90 Å². The van der Waals surface area contributed by atoms with Gasteiger partial charge in [0, 0.05) is 30.4 Å². The molecule has 2 rings (SSSR count). The Morgan fingerprint density at radius 3 is 2.72 bits per heavy atom. The van der Waals surface area contributed by atoms with Gasteiger partial charge in [0.05, 0.1) is 18.6 Å². The Balaban J connectivity index is 2.21. The fourth-order valence-electron chi connectivity index (χ4n) is 2.08. The summed E-state index contributed by atoms with van der Waals surface area (Å²) in [5, 5.41) is 10.0. The molecule has 18 heavy (non-hydrogen) atoms. The van der Waals surface area contributed by atoms with Gasteiger partial charge in [-0.05, 0) is 18.6 Å². The van der Waals surface area contributed by atoms with E-state index >= 15 is 0 Å². The molecule has 0 amide bonds. The minimum atomic E-state index is -0.409. The molecule has 1 aromatic carbocycles. The smallest absolute Gasteiger partial charge is 0.0952 e. The number of benzene rings is 1. The lowest BCUT2D eigenvalue weighted by Crippen LogP contribution is -2.18. The summed E-state index contributed by atoms with van der Waals surface area (Å²) in [6.07, 6.45) is 3.73. The molecule has 1 aromatic heterocycles. The summed E-state index contributed by atoms with van der Waals surface area (Å²) in [5.74, 6) is 0. The van der Waals surface area contributed by atoms with Gasteiger partial charge in [-0.2, -0.15) is 0 Å². The number of para-hydroxylation sites is 1. The molecule has 1 heterocycles. The third-order valence-electron chi connectivity index (χ3n) is 3.09. The summed E-state index contributed by atoms with van der Waals surface area (Å²) >= 11 is 0. The van der Waals surface area contributed by atoms with Crippen molar-refractivity contribution in [2.24, 2.45) is 0 Å². The summed E-state index contributed by atoms with van der Waals surface area (Å²) in [4.78, 5) is 2.12. The lowest BCUT2D eigenvalue weighted by atomic mass is 10.0.